The van der Waals surface area contributed by atoms with E-state index in [1.165, 1.54) is 14.2 Å². The minimum Gasteiger partial charge on any atom is -0.595 e. The monoisotopic (exact) mass is 500 g/mol. The standard InChI is InChI=1S/C26H34N2O8/c1-25(2,3)35-23(31)27-19(21(29)33-7)17-13-9-12-16-15(17)11-10-14-18(16)20(22(30)34-8)28-24(32)36-26(4,5)6/h9-14,19-20H,1-8H3,(H,27,31)(H,28,32)/p-2. The molecule has 0 heterocycles. The molecule has 0 N–H and O–H groups in total. The van der Waals surface area contributed by atoms with Crippen LogP contribution >= 0.6 is 0 Å². The van der Waals surface area contributed by atoms with E-state index in [2.05, 4.69) is 9.98 Å². The molecule has 10 nitrogen and oxygen atoms in total. The zero-order chi connectivity index (χ0) is 27.3. The summed E-state index contributed by atoms with van der Waals surface area (Å²) in [4.78, 5) is 33.1. The maximum Gasteiger partial charge on any atom is 0.335 e. The Balaban J connectivity index is 2.71. The first-order chi connectivity index (χ1) is 16.7. The Morgan fingerprint density at radius 3 is 1.31 bits per heavy atom. The normalized spacial score (nSPS) is 14.7. The molecule has 2 aromatic carbocycles. The van der Waals surface area contributed by atoms with Gasteiger partial charge in [-0.3, -0.25) is 0 Å². The molecule has 0 aliphatic rings. The molecule has 2 rings (SSSR count). The number of fused-ring (bicyclic) bond motifs is 1. The SMILES string of the molecule is COC(=O)C(N=C([O-])OC(C)(C)C)c1cccc2c(C(N=C([O-])OC(C)(C)C)C(=O)OC)cccc12. The van der Waals surface area contributed by atoms with Crippen LogP contribution in [-0.2, 0) is 28.5 Å². The first kappa shape index (κ1) is 28.4. The minimum atomic E-state index is -1.33. The number of benzene rings is 2. The Morgan fingerprint density at radius 1 is 0.694 bits per heavy atom. The fraction of sp³-hybridized carbons (Fsp3) is 0.462. The van der Waals surface area contributed by atoms with Gasteiger partial charge in [-0.1, -0.05) is 77.9 Å². The van der Waals surface area contributed by atoms with E-state index < -0.39 is 47.4 Å². The predicted molar refractivity (Wildman–Crippen MR) is 130 cm³/mol. The molecule has 0 aliphatic heterocycles. The lowest BCUT2D eigenvalue weighted by atomic mass is 9.93. The molecular formula is C26H32N2O8-2. The summed E-state index contributed by atoms with van der Waals surface area (Å²) in [6.07, 6.45) is -1.86. The Bertz CT molecular complexity index is 1070. The lowest BCUT2D eigenvalue weighted by molar-refractivity contribution is -0.262. The second kappa shape index (κ2) is 11.3. The lowest BCUT2D eigenvalue weighted by Gasteiger charge is -2.30. The molecule has 2 atom stereocenters. The molecule has 36 heavy (non-hydrogen) atoms. The van der Waals surface area contributed by atoms with Crippen molar-refractivity contribution in [2.75, 3.05) is 14.2 Å². The molecular weight excluding hydrogens is 468 g/mol. The summed E-state index contributed by atoms with van der Waals surface area (Å²) in [5.41, 5.74) is -0.949. The second-order valence-corrected chi connectivity index (χ2v) is 9.86. The summed E-state index contributed by atoms with van der Waals surface area (Å²) in [6.45, 7) is 10.1. The van der Waals surface area contributed by atoms with E-state index in [9.17, 15) is 19.8 Å². The number of nitrogens with zero attached hydrogens (tertiary/aromatic N) is 2. The summed E-state index contributed by atoms with van der Waals surface area (Å²) < 4.78 is 20.3. The van der Waals surface area contributed by atoms with Gasteiger partial charge in [0, 0.05) is 11.2 Å². The van der Waals surface area contributed by atoms with Gasteiger partial charge in [0.2, 0.25) is 0 Å². The van der Waals surface area contributed by atoms with Crippen LogP contribution in [0, 0.1) is 0 Å². The average Bonchev–Trinajstić information content (AvgIpc) is 2.77. The van der Waals surface area contributed by atoms with E-state index in [-0.39, 0.29) is 0 Å². The van der Waals surface area contributed by atoms with Crippen LogP contribution in [0.4, 0.5) is 0 Å². The van der Waals surface area contributed by atoms with Gasteiger partial charge in [0.15, 0.2) is 12.1 Å². The molecule has 0 aliphatic carbocycles. The van der Waals surface area contributed by atoms with Crippen molar-refractivity contribution in [3.8, 4) is 0 Å². The Hall–Kier alpha value is -3.82. The van der Waals surface area contributed by atoms with E-state index in [1.807, 2.05) is 0 Å². The van der Waals surface area contributed by atoms with E-state index in [0.717, 1.165) is 0 Å². The smallest absolute Gasteiger partial charge is 0.335 e. The van der Waals surface area contributed by atoms with Crippen LogP contribution < -0.4 is 10.2 Å². The van der Waals surface area contributed by atoms with Gasteiger partial charge in [-0.25, -0.2) is 19.6 Å². The predicted octanol–water partition coefficient (Wildman–Crippen LogP) is 2.33. The first-order valence-electron chi connectivity index (χ1n) is 11.2. The number of ether oxygens (including phenoxy) is 4. The quantitative estimate of drug-likeness (QED) is 0.334. The summed E-state index contributed by atoms with van der Waals surface area (Å²) >= 11 is 0. The van der Waals surface area contributed by atoms with E-state index in [4.69, 9.17) is 18.9 Å². The number of aliphatic imine (C=N–C) groups is 2. The van der Waals surface area contributed by atoms with E-state index in [1.54, 1.807) is 77.9 Å². The maximum absolute atomic E-state index is 12.6. The zero-order valence-electron chi connectivity index (χ0n) is 21.8. The number of esters is 2. The topological polar surface area (TPSA) is 142 Å². The van der Waals surface area contributed by atoms with Gasteiger partial charge in [-0.15, -0.1) is 0 Å². The van der Waals surface area contributed by atoms with Gasteiger partial charge in [0.25, 0.3) is 0 Å². The molecule has 2 unspecified atom stereocenters. The maximum atomic E-state index is 12.6. The van der Waals surface area contributed by atoms with Crippen molar-refractivity contribution in [3.05, 3.63) is 47.5 Å². The van der Waals surface area contributed by atoms with Gasteiger partial charge >= 0.3 is 11.9 Å². The third-order valence-electron chi connectivity index (χ3n) is 4.68. The third-order valence-corrected chi connectivity index (χ3v) is 4.68. The van der Waals surface area contributed by atoms with Crippen molar-refractivity contribution < 1.29 is 38.7 Å². The summed E-state index contributed by atoms with van der Waals surface area (Å²) in [5, 5.41) is 25.8. The van der Waals surface area contributed by atoms with Crippen molar-refractivity contribution in [2.24, 2.45) is 9.98 Å². The number of carbonyl (C=O) groups excluding carboxylic acids is 2. The molecule has 0 radical (unpaired) electrons. The highest BCUT2D eigenvalue weighted by atomic mass is 16.6. The highest BCUT2D eigenvalue weighted by Gasteiger charge is 2.27. The van der Waals surface area contributed by atoms with Crippen molar-refractivity contribution in [1.82, 2.24) is 0 Å². The lowest BCUT2D eigenvalue weighted by Crippen LogP contribution is -2.33. The molecule has 10 heteroatoms. The Morgan fingerprint density at radius 2 is 1.03 bits per heavy atom. The highest BCUT2D eigenvalue weighted by molar-refractivity contribution is 5.96. The van der Waals surface area contributed by atoms with Crippen molar-refractivity contribution in [2.45, 2.75) is 64.8 Å². The van der Waals surface area contributed by atoms with Gasteiger partial charge < -0.3 is 29.2 Å². The van der Waals surface area contributed by atoms with Gasteiger partial charge in [-0.2, -0.15) is 0 Å². The largest absolute Gasteiger partial charge is 0.595 e. The van der Waals surface area contributed by atoms with Crippen LogP contribution in [0.5, 0.6) is 0 Å². The number of hydrogen-bond donors (Lipinski definition) is 0. The van der Waals surface area contributed by atoms with Crippen LogP contribution in [-0.4, -0.2) is 49.5 Å². The van der Waals surface area contributed by atoms with Crippen LogP contribution in [0.1, 0.15) is 64.8 Å². The molecule has 0 aromatic heterocycles. The van der Waals surface area contributed by atoms with Crippen molar-refractivity contribution >= 4 is 34.9 Å². The van der Waals surface area contributed by atoms with Gasteiger partial charge in [0.1, 0.15) is 12.2 Å². The van der Waals surface area contributed by atoms with Crippen molar-refractivity contribution in [3.63, 3.8) is 0 Å². The highest BCUT2D eigenvalue weighted by Crippen LogP contribution is 2.34. The molecule has 0 bridgehead atoms. The number of hydrogen-bond acceptors (Lipinski definition) is 10. The van der Waals surface area contributed by atoms with Crippen LogP contribution in [0.15, 0.2) is 46.4 Å². The van der Waals surface area contributed by atoms with Crippen molar-refractivity contribution in [1.29, 1.82) is 0 Å². The minimum absolute atomic E-state index is 0.341. The van der Waals surface area contributed by atoms with E-state index in [0.29, 0.717) is 21.9 Å². The molecule has 0 saturated carbocycles. The molecule has 0 saturated heterocycles. The molecule has 0 spiro atoms. The number of carbonyl (C=O) groups is 2. The molecule has 196 valence electrons. The zero-order valence-corrected chi connectivity index (χ0v) is 21.8. The molecule has 0 amide bonds. The average molecular weight is 501 g/mol. The third kappa shape index (κ3) is 7.59. The second-order valence-electron chi connectivity index (χ2n) is 9.86. The number of rotatable bonds is 6. The number of methoxy groups -OCH3 is 2. The fourth-order valence-electron chi connectivity index (χ4n) is 3.34. The first-order valence-corrected chi connectivity index (χ1v) is 11.2. The Labute approximate surface area is 210 Å². The summed E-state index contributed by atoms with van der Waals surface area (Å²) in [7, 11) is 2.37. The molecule has 2 aromatic rings. The summed E-state index contributed by atoms with van der Waals surface area (Å²) in [6, 6.07) is 7.20. The Kier molecular flexibility index (Phi) is 8.90. The van der Waals surface area contributed by atoms with Gasteiger partial charge in [-0.05, 0) is 21.9 Å². The van der Waals surface area contributed by atoms with Gasteiger partial charge in [0.05, 0.1) is 14.2 Å². The molecule has 0 fully saturated rings. The summed E-state index contributed by atoms with van der Waals surface area (Å²) in [5.74, 6) is -1.55. The van der Waals surface area contributed by atoms with Crippen LogP contribution in [0.2, 0.25) is 0 Å². The van der Waals surface area contributed by atoms with E-state index >= 15 is 0 Å². The van der Waals surface area contributed by atoms with Crippen LogP contribution in [0.3, 0.4) is 0 Å². The fourth-order valence-corrected chi connectivity index (χ4v) is 3.34. The van der Waals surface area contributed by atoms with Crippen LogP contribution in [0.25, 0.3) is 10.8 Å².